The number of rotatable bonds is 6. The monoisotopic (exact) mass is 716 g/mol. The number of aryl methyl sites for hydroxylation is 8. The maximum absolute atomic E-state index is 4.98. The van der Waals surface area contributed by atoms with E-state index in [9.17, 15) is 0 Å². The largest absolute Gasteiger partial charge is 0.172 e. The van der Waals surface area contributed by atoms with Crippen molar-refractivity contribution in [3.63, 3.8) is 0 Å². The highest BCUT2D eigenvalue weighted by Crippen LogP contribution is 2.51. The summed E-state index contributed by atoms with van der Waals surface area (Å²) in [5, 5.41) is 0. The normalized spacial score (nSPS) is 11.5. The van der Waals surface area contributed by atoms with Crippen LogP contribution in [0.4, 0.5) is 0 Å². The molecule has 0 unspecified atom stereocenters. The Balaban J connectivity index is 1.34. The van der Waals surface area contributed by atoms with Crippen LogP contribution in [0.2, 0.25) is 0 Å². The maximum atomic E-state index is 4.98. The van der Waals surface area contributed by atoms with Gasteiger partial charge in [-0.2, -0.15) is 8.75 Å². The number of fused-ring (bicyclic) bond motifs is 1. The summed E-state index contributed by atoms with van der Waals surface area (Å²) in [6.07, 6.45) is 0. The van der Waals surface area contributed by atoms with Gasteiger partial charge in [0.1, 0.15) is 11.0 Å². The van der Waals surface area contributed by atoms with Gasteiger partial charge in [0.25, 0.3) is 0 Å². The van der Waals surface area contributed by atoms with Gasteiger partial charge in [-0.25, -0.2) is 0 Å². The van der Waals surface area contributed by atoms with E-state index in [2.05, 4.69) is 152 Å². The summed E-state index contributed by atoms with van der Waals surface area (Å²) in [4.78, 5) is 5.06. The molecule has 0 atom stereocenters. The Morgan fingerprint density at radius 3 is 0.961 bits per heavy atom. The number of nitrogens with zero attached hydrogens (tertiary/aromatic N) is 2. The van der Waals surface area contributed by atoms with Crippen molar-refractivity contribution in [1.29, 1.82) is 0 Å². The fourth-order valence-electron chi connectivity index (χ4n) is 7.88. The summed E-state index contributed by atoms with van der Waals surface area (Å²) in [7, 11) is 0. The van der Waals surface area contributed by atoms with Crippen molar-refractivity contribution in [2.24, 2.45) is 0 Å². The minimum atomic E-state index is 0.968. The Hall–Kier alpha value is -4.68. The van der Waals surface area contributed by atoms with E-state index in [1.165, 1.54) is 109 Å². The lowest BCUT2D eigenvalue weighted by Crippen LogP contribution is -1.91. The molecule has 5 aromatic carbocycles. The van der Waals surface area contributed by atoms with Crippen molar-refractivity contribution in [1.82, 2.24) is 8.75 Å². The molecule has 8 rings (SSSR count). The van der Waals surface area contributed by atoms with Crippen LogP contribution in [-0.2, 0) is 0 Å². The molecule has 3 aromatic heterocycles. The summed E-state index contributed by atoms with van der Waals surface area (Å²) in [5.74, 6) is 0. The predicted molar refractivity (Wildman–Crippen MR) is 224 cm³/mol. The Labute approximate surface area is 313 Å². The Bertz CT molecular complexity index is 2230. The molecule has 0 spiro atoms. The van der Waals surface area contributed by atoms with E-state index < -0.39 is 0 Å². The quantitative estimate of drug-likeness (QED) is 0.171. The lowest BCUT2D eigenvalue weighted by molar-refractivity contribution is 1.37. The predicted octanol–water partition coefficient (Wildman–Crippen LogP) is 14.3. The van der Waals surface area contributed by atoms with Gasteiger partial charge in [0, 0.05) is 41.8 Å². The molecule has 0 fully saturated rings. The van der Waals surface area contributed by atoms with Gasteiger partial charge in [0.15, 0.2) is 0 Å². The smallest absolute Gasteiger partial charge is 0.114 e. The second-order valence-electron chi connectivity index (χ2n) is 13.9. The second kappa shape index (κ2) is 13.1. The lowest BCUT2D eigenvalue weighted by atomic mass is 9.91. The van der Waals surface area contributed by atoms with E-state index in [4.69, 9.17) is 8.75 Å². The van der Waals surface area contributed by atoms with Crippen LogP contribution in [0.1, 0.15) is 44.5 Å². The number of hydrogen-bond acceptors (Lipinski definition) is 5. The van der Waals surface area contributed by atoms with E-state index in [0.29, 0.717) is 0 Å². The standard InChI is InChI=1S/C46H40N2S3/c1-25-13-9-14-26(2)39(25)35-23-37(49-45(35)41-29(5)17-11-18-30(41)6)33-21-22-34(44-43(33)47-51-48-44)38-24-36(40-27(3)15-10-16-28(40)4)46(50-38)42-31(7)19-12-20-32(42)8/h9-24H,1-8H3. The van der Waals surface area contributed by atoms with Crippen molar-refractivity contribution in [2.45, 2.75) is 55.4 Å². The van der Waals surface area contributed by atoms with Crippen LogP contribution < -0.4 is 0 Å². The lowest BCUT2D eigenvalue weighted by Gasteiger charge is -2.14. The third-order valence-corrected chi connectivity index (χ3v) is 13.2. The van der Waals surface area contributed by atoms with Crippen LogP contribution in [0.3, 0.4) is 0 Å². The molecular formula is C46H40N2S3. The van der Waals surface area contributed by atoms with Crippen LogP contribution in [0.5, 0.6) is 0 Å². The van der Waals surface area contributed by atoms with E-state index in [0.717, 1.165) is 22.2 Å². The van der Waals surface area contributed by atoms with Gasteiger partial charge in [0.05, 0.1) is 11.7 Å². The summed E-state index contributed by atoms with van der Waals surface area (Å²) in [6, 6.07) is 35.8. The molecule has 0 radical (unpaired) electrons. The first-order valence-electron chi connectivity index (χ1n) is 17.4. The third kappa shape index (κ3) is 5.68. The van der Waals surface area contributed by atoms with Crippen LogP contribution in [0.25, 0.3) is 75.0 Å². The molecule has 0 bridgehead atoms. The molecule has 0 saturated heterocycles. The second-order valence-corrected chi connectivity index (χ2v) is 16.5. The minimum absolute atomic E-state index is 0.968. The molecule has 0 aliphatic carbocycles. The Morgan fingerprint density at radius 1 is 0.353 bits per heavy atom. The van der Waals surface area contributed by atoms with Gasteiger partial charge < -0.3 is 0 Å². The molecule has 0 aliphatic rings. The molecular weight excluding hydrogens is 677 g/mol. The molecule has 0 amide bonds. The minimum Gasteiger partial charge on any atom is -0.172 e. The van der Waals surface area contributed by atoms with Crippen molar-refractivity contribution < 1.29 is 0 Å². The first-order chi connectivity index (χ1) is 24.6. The molecule has 0 saturated carbocycles. The van der Waals surface area contributed by atoms with Gasteiger partial charge in [-0.1, -0.05) is 84.9 Å². The molecule has 8 aromatic rings. The summed E-state index contributed by atoms with van der Waals surface area (Å²) in [5.41, 5.74) is 22.4. The number of thiophene rings is 2. The fraction of sp³-hybridized carbons (Fsp3) is 0.174. The van der Waals surface area contributed by atoms with Crippen LogP contribution in [0, 0.1) is 55.4 Å². The molecule has 0 N–H and O–H groups in total. The third-order valence-electron chi connectivity index (χ3n) is 10.3. The van der Waals surface area contributed by atoms with Gasteiger partial charge in [-0.05, 0) is 134 Å². The number of hydrogen-bond donors (Lipinski definition) is 0. The van der Waals surface area contributed by atoms with Crippen LogP contribution >= 0.6 is 34.4 Å². The number of aromatic nitrogens is 2. The first kappa shape index (κ1) is 33.5. The zero-order valence-corrected chi connectivity index (χ0v) is 32.8. The molecule has 3 heterocycles. The van der Waals surface area contributed by atoms with Crippen molar-refractivity contribution >= 4 is 45.4 Å². The average molecular weight is 717 g/mol. The molecule has 0 aliphatic heterocycles. The van der Waals surface area contributed by atoms with Gasteiger partial charge in [-0.3, -0.25) is 0 Å². The fourth-order valence-corrected chi connectivity index (χ4v) is 11.2. The van der Waals surface area contributed by atoms with Crippen molar-refractivity contribution in [3.8, 4) is 64.0 Å². The van der Waals surface area contributed by atoms with Crippen LogP contribution in [-0.4, -0.2) is 8.75 Å². The van der Waals surface area contributed by atoms with Gasteiger partial charge in [-0.15, -0.1) is 22.7 Å². The molecule has 5 heteroatoms. The summed E-state index contributed by atoms with van der Waals surface area (Å²) >= 11 is 5.05. The van der Waals surface area contributed by atoms with Gasteiger partial charge in [0.2, 0.25) is 0 Å². The topological polar surface area (TPSA) is 25.8 Å². The highest BCUT2D eigenvalue weighted by atomic mass is 32.1. The van der Waals surface area contributed by atoms with Crippen LogP contribution in [0.15, 0.2) is 97.1 Å². The zero-order chi connectivity index (χ0) is 35.6. The van der Waals surface area contributed by atoms with E-state index in [1.807, 2.05) is 22.7 Å². The zero-order valence-electron chi connectivity index (χ0n) is 30.4. The molecule has 2 nitrogen and oxygen atoms in total. The average Bonchev–Trinajstić information content (AvgIpc) is 3.84. The van der Waals surface area contributed by atoms with Gasteiger partial charge >= 0.3 is 0 Å². The van der Waals surface area contributed by atoms with Crippen molar-refractivity contribution in [3.05, 3.63) is 142 Å². The summed E-state index contributed by atoms with van der Waals surface area (Å²) < 4.78 is 9.96. The first-order valence-corrected chi connectivity index (χ1v) is 19.8. The van der Waals surface area contributed by atoms with E-state index >= 15 is 0 Å². The van der Waals surface area contributed by atoms with E-state index in [-0.39, 0.29) is 0 Å². The molecule has 252 valence electrons. The highest BCUT2D eigenvalue weighted by molar-refractivity contribution is 7.20. The SMILES string of the molecule is Cc1cccc(C)c1-c1cc(-c2ccc(-c3cc(-c4c(C)cccc4C)c(-c4c(C)cccc4C)s3)c3nsnc23)sc1-c1c(C)cccc1C. The number of benzene rings is 5. The van der Waals surface area contributed by atoms with Crippen molar-refractivity contribution in [2.75, 3.05) is 0 Å². The Morgan fingerprint density at radius 2 is 0.647 bits per heavy atom. The Kier molecular flexibility index (Phi) is 8.62. The van der Waals surface area contributed by atoms with E-state index in [1.54, 1.807) is 0 Å². The molecule has 51 heavy (non-hydrogen) atoms. The summed E-state index contributed by atoms with van der Waals surface area (Å²) in [6.45, 7) is 17.8. The maximum Gasteiger partial charge on any atom is 0.114 e. The highest BCUT2D eigenvalue weighted by Gasteiger charge is 2.24.